The highest BCUT2D eigenvalue weighted by Gasteiger charge is 2.19. The van der Waals surface area contributed by atoms with E-state index >= 15 is 0 Å². The Morgan fingerprint density at radius 3 is 2.29 bits per heavy atom. The molecule has 1 atom stereocenters. The van der Waals surface area contributed by atoms with Crippen molar-refractivity contribution in [3.8, 4) is 22.4 Å². The van der Waals surface area contributed by atoms with Crippen molar-refractivity contribution in [1.82, 2.24) is 25.3 Å². The maximum absolute atomic E-state index is 5.60. The average Bonchev–Trinajstić information content (AvgIpc) is 3.75. The minimum absolute atomic E-state index is 0.350. The first-order valence-electron chi connectivity index (χ1n) is 14.3. The number of rotatable bonds is 7. The first kappa shape index (κ1) is 27.6. The van der Waals surface area contributed by atoms with Gasteiger partial charge in [0.15, 0.2) is 0 Å². The number of hydrogen-bond donors (Lipinski definition) is 4. The van der Waals surface area contributed by atoms with E-state index in [-0.39, 0.29) is 0 Å². The van der Waals surface area contributed by atoms with Crippen LogP contribution in [0.2, 0.25) is 0 Å². The monoisotopic (exact) mass is 510 g/mol. The third kappa shape index (κ3) is 6.14. The first-order chi connectivity index (χ1) is 18.8. The summed E-state index contributed by atoms with van der Waals surface area (Å²) in [5.74, 6) is 2.08. The molecule has 0 aliphatic carbocycles. The minimum atomic E-state index is 0.350. The van der Waals surface area contributed by atoms with Crippen molar-refractivity contribution in [2.24, 2.45) is 5.73 Å². The molecule has 6 rings (SSSR count). The lowest BCUT2D eigenvalue weighted by atomic mass is 9.99. The molecule has 1 unspecified atom stereocenters. The fourth-order valence-electron chi connectivity index (χ4n) is 4.96. The highest BCUT2D eigenvalue weighted by molar-refractivity contribution is 5.91. The van der Waals surface area contributed by atoms with E-state index in [1.807, 2.05) is 33.9 Å². The highest BCUT2D eigenvalue weighted by atomic mass is 15.0. The average molecular weight is 511 g/mol. The summed E-state index contributed by atoms with van der Waals surface area (Å²) in [6.07, 6.45) is 7.32. The van der Waals surface area contributed by atoms with Gasteiger partial charge in [-0.25, -0.2) is 9.97 Å². The molecule has 0 radical (unpaired) electrons. The lowest BCUT2D eigenvalue weighted by Gasteiger charge is -2.06. The molecular weight excluding hydrogens is 468 g/mol. The van der Waals surface area contributed by atoms with Gasteiger partial charge in [-0.1, -0.05) is 58.0 Å². The molecule has 1 aliphatic heterocycles. The molecule has 3 aromatic carbocycles. The molecule has 5 N–H and O–H groups in total. The van der Waals surface area contributed by atoms with Gasteiger partial charge in [-0.15, -0.1) is 0 Å². The number of aromatic amines is 2. The van der Waals surface area contributed by atoms with Crippen LogP contribution in [-0.2, 0) is 6.42 Å². The SMILES string of the molecule is CC.CC.NCCCCc1ncc(-c2ccc3cc(-c4ccc5nc(C6CCCN6)[nH]c5c4)ccc3c2)[nH]1. The summed E-state index contributed by atoms with van der Waals surface area (Å²) in [4.78, 5) is 16.4. The van der Waals surface area contributed by atoms with Gasteiger partial charge in [-0.05, 0) is 84.9 Å². The van der Waals surface area contributed by atoms with Crippen LogP contribution in [0.5, 0.6) is 0 Å². The number of H-pyrrole nitrogens is 2. The van der Waals surface area contributed by atoms with Crippen LogP contribution in [-0.4, -0.2) is 33.0 Å². The van der Waals surface area contributed by atoms with E-state index in [9.17, 15) is 0 Å². The molecular formula is C32H42N6. The van der Waals surface area contributed by atoms with E-state index in [0.717, 1.165) is 72.7 Å². The van der Waals surface area contributed by atoms with Gasteiger partial charge >= 0.3 is 0 Å². The number of fused-ring (bicyclic) bond motifs is 2. The van der Waals surface area contributed by atoms with Gasteiger partial charge in [-0.3, -0.25) is 0 Å². The zero-order valence-electron chi connectivity index (χ0n) is 23.3. The van der Waals surface area contributed by atoms with Gasteiger partial charge in [0.25, 0.3) is 0 Å². The van der Waals surface area contributed by atoms with E-state index in [2.05, 4.69) is 74.9 Å². The summed E-state index contributed by atoms with van der Waals surface area (Å²) in [6.45, 7) is 9.80. The summed E-state index contributed by atoms with van der Waals surface area (Å²) in [5.41, 5.74) is 12.3. The van der Waals surface area contributed by atoms with Crippen molar-refractivity contribution in [2.75, 3.05) is 13.1 Å². The number of imidazole rings is 2. The lowest BCUT2D eigenvalue weighted by Crippen LogP contribution is -2.13. The van der Waals surface area contributed by atoms with E-state index in [1.54, 1.807) is 0 Å². The predicted molar refractivity (Wildman–Crippen MR) is 161 cm³/mol. The predicted octanol–water partition coefficient (Wildman–Crippen LogP) is 7.53. The summed E-state index contributed by atoms with van der Waals surface area (Å²) < 4.78 is 0. The van der Waals surface area contributed by atoms with Crippen LogP contribution in [0.1, 0.15) is 71.1 Å². The molecule has 2 aromatic heterocycles. The van der Waals surface area contributed by atoms with Gasteiger partial charge in [0, 0.05) is 12.0 Å². The van der Waals surface area contributed by atoms with Crippen LogP contribution in [0.15, 0.2) is 60.8 Å². The third-order valence-electron chi connectivity index (χ3n) is 6.87. The quantitative estimate of drug-likeness (QED) is 0.170. The van der Waals surface area contributed by atoms with E-state index in [4.69, 9.17) is 10.7 Å². The van der Waals surface area contributed by atoms with E-state index < -0.39 is 0 Å². The standard InChI is InChI=1S/C28H30N6.2C2H6/c29-12-2-1-5-27-31-17-26(32-27)22-9-8-18-14-19(6-7-20(18)15-22)21-10-11-23-25(16-21)34-28(33-23)24-4-3-13-30-24;2*1-2/h6-11,14-17,24,30H,1-5,12-13,29H2,(H,31,32)(H,33,34);2*1-2H3. The normalized spacial score (nSPS) is 14.7. The second-order valence-electron chi connectivity index (χ2n) is 9.27. The molecule has 0 amide bonds. The molecule has 1 fully saturated rings. The van der Waals surface area contributed by atoms with Crippen LogP contribution >= 0.6 is 0 Å². The van der Waals surface area contributed by atoms with Crippen molar-refractivity contribution in [3.05, 3.63) is 72.4 Å². The number of aromatic nitrogens is 4. The second-order valence-corrected chi connectivity index (χ2v) is 9.27. The second kappa shape index (κ2) is 13.4. The maximum atomic E-state index is 5.60. The Bertz CT molecular complexity index is 1440. The summed E-state index contributed by atoms with van der Waals surface area (Å²) in [5, 5.41) is 5.97. The van der Waals surface area contributed by atoms with Crippen LogP contribution in [0.4, 0.5) is 0 Å². The summed E-state index contributed by atoms with van der Waals surface area (Å²) in [6, 6.07) is 20.1. The number of hydrogen-bond acceptors (Lipinski definition) is 4. The number of nitrogens with two attached hydrogens (primary N) is 1. The van der Waals surface area contributed by atoms with Crippen LogP contribution < -0.4 is 11.1 Å². The Morgan fingerprint density at radius 2 is 1.55 bits per heavy atom. The largest absolute Gasteiger partial charge is 0.342 e. The van der Waals surface area contributed by atoms with Gasteiger partial charge in [0.2, 0.25) is 0 Å². The molecule has 3 heterocycles. The molecule has 1 saturated heterocycles. The van der Waals surface area contributed by atoms with Crippen molar-refractivity contribution in [3.63, 3.8) is 0 Å². The zero-order valence-corrected chi connectivity index (χ0v) is 23.3. The molecule has 0 bridgehead atoms. The Balaban J connectivity index is 0.000000804. The fraction of sp³-hybridized carbons (Fsp3) is 0.375. The maximum Gasteiger partial charge on any atom is 0.124 e. The molecule has 6 nitrogen and oxygen atoms in total. The molecule has 0 saturated carbocycles. The van der Waals surface area contributed by atoms with Crippen molar-refractivity contribution in [1.29, 1.82) is 0 Å². The molecule has 38 heavy (non-hydrogen) atoms. The van der Waals surface area contributed by atoms with E-state index in [0.29, 0.717) is 6.04 Å². The van der Waals surface area contributed by atoms with Crippen LogP contribution in [0.3, 0.4) is 0 Å². The van der Waals surface area contributed by atoms with Crippen molar-refractivity contribution in [2.45, 2.75) is 65.8 Å². The Morgan fingerprint density at radius 1 is 0.842 bits per heavy atom. The van der Waals surface area contributed by atoms with Crippen molar-refractivity contribution < 1.29 is 0 Å². The molecule has 200 valence electrons. The van der Waals surface area contributed by atoms with Crippen LogP contribution in [0, 0.1) is 0 Å². The number of nitrogens with zero attached hydrogens (tertiary/aromatic N) is 2. The molecule has 0 spiro atoms. The van der Waals surface area contributed by atoms with Gasteiger partial charge in [0.05, 0.1) is 29.0 Å². The highest BCUT2D eigenvalue weighted by Crippen LogP contribution is 2.30. The topological polar surface area (TPSA) is 95.4 Å². The summed E-state index contributed by atoms with van der Waals surface area (Å²) in [7, 11) is 0. The van der Waals surface area contributed by atoms with Gasteiger partial charge < -0.3 is 21.0 Å². The Labute approximate surface area is 226 Å². The van der Waals surface area contributed by atoms with Crippen LogP contribution in [0.25, 0.3) is 44.2 Å². The number of benzene rings is 3. The number of unbranched alkanes of at least 4 members (excludes halogenated alkanes) is 1. The number of nitrogens with one attached hydrogen (secondary N) is 3. The lowest BCUT2D eigenvalue weighted by molar-refractivity contribution is 0.614. The van der Waals surface area contributed by atoms with Crippen molar-refractivity contribution >= 4 is 21.8 Å². The molecule has 5 aromatic rings. The van der Waals surface area contributed by atoms with E-state index in [1.165, 1.54) is 28.3 Å². The zero-order chi connectivity index (χ0) is 26.9. The fourth-order valence-corrected chi connectivity index (χ4v) is 4.96. The van der Waals surface area contributed by atoms with Gasteiger partial charge in [-0.2, -0.15) is 0 Å². The third-order valence-corrected chi connectivity index (χ3v) is 6.87. The smallest absolute Gasteiger partial charge is 0.124 e. The molecule has 6 heteroatoms. The first-order valence-corrected chi connectivity index (χ1v) is 14.3. The minimum Gasteiger partial charge on any atom is -0.342 e. The Kier molecular flexibility index (Phi) is 9.68. The molecule has 1 aliphatic rings. The Hall–Kier alpha value is -3.48. The number of aryl methyl sites for hydroxylation is 1. The summed E-state index contributed by atoms with van der Waals surface area (Å²) >= 11 is 0. The van der Waals surface area contributed by atoms with Gasteiger partial charge in [0.1, 0.15) is 11.6 Å².